The SMILES string of the molecule is COC(=O)/C=C/c1ccc(Oc2c(C)cc(NC(C)=O)cc2-c2cc(C)cc(C)c2N)cc1. The quantitative estimate of drug-likeness (QED) is 0.285. The summed E-state index contributed by atoms with van der Waals surface area (Å²) in [5, 5.41) is 2.85. The molecule has 0 aromatic heterocycles. The van der Waals surface area contributed by atoms with Crippen molar-refractivity contribution in [2.24, 2.45) is 0 Å². The molecule has 33 heavy (non-hydrogen) atoms. The minimum Gasteiger partial charge on any atom is -0.466 e. The maximum Gasteiger partial charge on any atom is 0.330 e. The summed E-state index contributed by atoms with van der Waals surface area (Å²) in [6, 6.07) is 15.1. The molecule has 170 valence electrons. The van der Waals surface area contributed by atoms with Gasteiger partial charge >= 0.3 is 5.97 Å². The van der Waals surface area contributed by atoms with Gasteiger partial charge in [0, 0.05) is 35.5 Å². The lowest BCUT2D eigenvalue weighted by atomic mass is 9.95. The van der Waals surface area contributed by atoms with E-state index in [2.05, 4.69) is 10.1 Å². The van der Waals surface area contributed by atoms with Gasteiger partial charge in [0.1, 0.15) is 11.5 Å². The molecule has 0 atom stereocenters. The molecule has 0 saturated heterocycles. The van der Waals surface area contributed by atoms with Crippen LogP contribution in [-0.4, -0.2) is 19.0 Å². The van der Waals surface area contributed by atoms with E-state index in [0.717, 1.165) is 33.4 Å². The molecular weight excluding hydrogens is 416 g/mol. The van der Waals surface area contributed by atoms with Gasteiger partial charge in [-0.15, -0.1) is 0 Å². The Kier molecular flexibility index (Phi) is 7.18. The predicted molar refractivity (Wildman–Crippen MR) is 132 cm³/mol. The number of rotatable bonds is 6. The van der Waals surface area contributed by atoms with E-state index in [1.807, 2.05) is 69.3 Å². The van der Waals surface area contributed by atoms with Crippen LogP contribution in [0.25, 0.3) is 17.2 Å². The lowest BCUT2D eigenvalue weighted by Gasteiger charge is -2.19. The van der Waals surface area contributed by atoms with Crippen LogP contribution in [-0.2, 0) is 14.3 Å². The Bertz CT molecular complexity index is 1230. The standard InChI is InChI=1S/C27H28N2O4/c1-16-12-17(2)26(28)23(13-16)24-15-21(29-19(4)30)14-18(3)27(24)33-22-9-6-20(7-10-22)8-11-25(31)32-5/h6-15H,28H2,1-5H3,(H,29,30)/b11-8+. The molecule has 3 rings (SSSR count). The third-order valence-corrected chi connectivity index (χ3v) is 5.13. The molecule has 1 amide bonds. The first-order valence-corrected chi connectivity index (χ1v) is 10.5. The highest BCUT2D eigenvalue weighted by Gasteiger charge is 2.17. The van der Waals surface area contributed by atoms with E-state index in [1.54, 1.807) is 6.08 Å². The molecule has 3 aromatic rings. The smallest absolute Gasteiger partial charge is 0.330 e. The van der Waals surface area contributed by atoms with Crippen LogP contribution < -0.4 is 15.8 Å². The van der Waals surface area contributed by atoms with Gasteiger partial charge in [0.25, 0.3) is 0 Å². The molecule has 0 spiro atoms. The third-order valence-electron chi connectivity index (χ3n) is 5.13. The second-order valence-corrected chi connectivity index (χ2v) is 7.92. The second kappa shape index (κ2) is 10.0. The van der Waals surface area contributed by atoms with Crippen molar-refractivity contribution < 1.29 is 19.1 Å². The zero-order valence-electron chi connectivity index (χ0n) is 19.5. The van der Waals surface area contributed by atoms with E-state index in [9.17, 15) is 9.59 Å². The van der Waals surface area contributed by atoms with Crippen LogP contribution in [0.15, 0.2) is 54.6 Å². The largest absolute Gasteiger partial charge is 0.466 e. The Morgan fingerprint density at radius 2 is 1.64 bits per heavy atom. The number of carbonyl (C=O) groups is 2. The number of aryl methyl sites for hydroxylation is 3. The summed E-state index contributed by atoms with van der Waals surface area (Å²) in [6.45, 7) is 7.39. The van der Waals surface area contributed by atoms with Gasteiger partial charge in [-0.3, -0.25) is 4.79 Å². The van der Waals surface area contributed by atoms with Crippen molar-refractivity contribution in [1.29, 1.82) is 0 Å². The summed E-state index contributed by atoms with van der Waals surface area (Å²) in [6.07, 6.45) is 3.03. The van der Waals surface area contributed by atoms with Crippen LogP contribution >= 0.6 is 0 Å². The van der Waals surface area contributed by atoms with Gasteiger partial charge in [0.15, 0.2) is 0 Å². The monoisotopic (exact) mass is 444 g/mol. The minimum absolute atomic E-state index is 0.155. The van der Waals surface area contributed by atoms with Gasteiger partial charge in [0.2, 0.25) is 5.91 Å². The fraction of sp³-hybridized carbons (Fsp3) is 0.185. The van der Waals surface area contributed by atoms with Crippen molar-refractivity contribution in [3.05, 3.63) is 76.9 Å². The number of hydrogen-bond donors (Lipinski definition) is 2. The Hall–Kier alpha value is -4.06. The van der Waals surface area contributed by atoms with Crippen LogP contribution in [0.2, 0.25) is 0 Å². The molecule has 0 saturated carbocycles. The molecule has 0 aliphatic carbocycles. The molecule has 0 bridgehead atoms. The van der Waals surface area contributed by atoms with E-state index in [0.29, 0.717) is 22.9 Å². The summed E-state index contributed by atoms with van der Waals surface area (Å²) in [7, 11) is 1.34. The summed E-state index contributed by atoms with van der Waals surface area (Å²) >= 11 is 0. The van der Waals surface area contributed by atoms with Crippen molar-refractivity contribution in [1.82, 2.24) is 0 Å². The van der Waals surface area contributed by atoms with Crippen LogP contribution in [0.1, 0.15) is 29.2 Å². The van der Waals surface area contributed by atoms with Gasteiger partial charge in [0.05, 0.1) is 7.11 Å². The van der Waals surface area contributed by atoms with Crippen molar-refractivity contribution >= 4 is 29.3 Å². The van der Waals surface area contributed by atoms with Gasteiger partial charge in [-0.25, -0.2) is 4.79 Å². The fourth-order valence-corrected chi connectivity index (χ4v) is 3.58. The van der Waals surface area contributed by atoms with Crippen LogP contribution in [0.5, 0.6) is 11.5 Å². The van der Waals surface area contributed by atoms with E-state index < -0.39 is 5.97 Å². The van der Waals surface area contributed by atoms with Crippen LogP contribution in [0.4, 0.5) is 11.4 Å². The highest BCUT2D eigenvalue weighted by Crippen LogP contribution is 2.42. The normalized spacial score (nSPS) is 10.8. The third kappa shape index (κ3) is 5.80. The number of nitrogens with one attached hydrogen (secondary N) is 1. The number of ether oxygens (including phenoxy) is 2. The summed E-state index contributed by atoms with van der Waals surface area (Å²) < 4.78 is 10.9. The molecule has 3 N–H and O–H groups in total. The predicted octanol–water partition coefficient (Wildman–Crippen LogP) is 5.80. The number of nitrogens with two attached hydrogens (primary N) is 1. The molecule has 0 aliphatic heterocycles. The topological polar surface area (TPSA) is 90.6 Å². The van der Waals surface area contributed by atoms with E-state index >= 15 is 0 Å². The van der Waals surface area contributed by atoms with Gasteiger partial charge < -0.3 is 20.5 Å². The average Bonchev–Trinajstić information content (AvgIpc) is 2.76. The van der Waals surface area contributed by atoms with Crippen molar-refractivity contribution in [3.63, 3.8) is 0 Å². The number of anilines is 2. The molecule has 0 radical (unpaired) electrons. The van der Waals surface area contributed by atoms with E-state index in [4.69, 9.17) is 10.5 Å². The highest BCUT2D eigenvalue weighted by atomic mass is 16.5. The zero-order chi connectivity index (χ0) is 24.1. The maximum absolute atomic E-state index is 11.7. The van der Waals surface area contributed by atoms with Gasteiger partial charge in [-0.05, 0) is 73.9 Å². The molecule has 0 unspecified atom stereocenters. The number of nitrogen functional groups attached to an aromatic ring is 1. The first-order chi connectivity index (χ1) is 15.7. The van der Waals surface area contributed by atoms with Crippen molar-refractivity contribution in [2.45, 2.75) is 27.7 Å². The molecule has 0 fully saturated rings. The number of amides is 1. The van der Waals surface area contributed by atoms with Crippen molar-refractivity contribution in [2.75, 3.05) is 18.2 Å². The number of esters is 1. The number of methoxy groups -OCH3 is 1. The Labute approximate surface area is 194 Å². The minimum atomic E-state index is -0.416. The summed E-state index contributed by atoms with van der Waals surface area (Å²) in [4.78, 5) is 23.0. The molecule has 6 nitrogen and oxygen atoms in total. The molecule has 3 aromatic carbocycles. The lowest BCUT2D eigenvalue weighted by Crippen LogP contribution is -2.07. The van der Waals surface area contributed by atoms with E-state index in [-0.39, 0.29) is 5.91 Å². The molecule has 6 heteroatoms. The number of hydrogen-bond acceptors (Lipinski definition) is 5. The second-order valence-electron chi connectivity index (χ2n) is 7.92. The summed E-state index contributed by atoms with van der Waals surface area (Å²) in [5.74, 6) is 0.711. The van der Waals surface area contributed by atoms with E-state index in [1.165, 1.54) is 20.1 Å². The molecule has 0 aliphatic rings. The lowest BCUT2D eigenvalue weighted by molar-refractivity contribution is -0.134. The first-order valence-electron chi connectivity index (χ1n) is 10.5. The summed E-state index contributed by atoms with van der Waals surface area (Å²) in [5.41, 5.74) is 13.1. The Morgan fingerprint density at radius 1 is 0.939 bits per heavy atom. The molecule has 0 heterocycles. The maximum atomic E-state index is 11.7. The molecular formula is C27H28N2O4. The van der Waals surface area contributed by atoms with Crippen molar-refractivity contribution in [3.8, 4) is 22.6 Å². The highest BCUT2D eigenvalue weighted by molar-refractivity contribution is 5.92. The average molecular weight is 445 g/mol. The zero-order valence-corrected chi connectivity index (χ0v) is 19.5. The Balaban J connectivity index is 2.05. The van der Waals surface area contributed by atoms with Crippen LogP contribution in [0.3, 0.4) is 0 Å². The Morgan fingerprint density at radius 3 is 2.27 bits per heavy atom. The van der Waals surface area contributed by atoms with Crippen LogP contribution in [0, 0.1) is 20.8 Å². The van der Waals surface area contributed by atoms with Gasteiger partial charge in [-0.2, -0.15) is 0 Å². The van der Waals surface area contributed by atoms with Gasteiger partial charge in [-0.1, -0.05) is 23.8 Å². The fourth-order valence-electron chi connectivity index (χ4n) is 3.58. The first kappa shape index (κ1) is 23.6. The number of carbonyl (C=O) groups excluding carboxylic acids is 2. The number of benzene rings is 3.